The van der Waals surface area contributed by atoms with Crippen LogP contribution >= 0.6 is 0 Å². The Morgan fingerprint density at radius 1 is 0.973 bits per heavy atom. The van der Waals surface area contributed by atoms with Gasteiger partial charge in [0.05, 0.1) is 13.0 Å². The van der Waals surface area contributed by atoms with Gasteiger partial charge < -0.3 is 23.7 Å². The lowest BCUT2D eigenvalue weighted by atomic mass is 9.38. The molecule has 1 unspecified atom stereocenters. The maximum atomic E-state index is 12.3. The quantitative estimate of drug-likeness (QED) is 0.397. The Bertz CT molecular complexity index is 996. The Labute approximate surface area is 219 Å². The standard InChI is InChI=1S/C29H42O8/c1-16(30)33-15-26(3)10-6-11-28(5)20(26)9-12-27(4)19-13-22(34-17(2)31)29-14-23(32)35-25(29)36-24(37-29)18(19)7-8-21(27)28/h18-22,24-25H,6-15H2,1-5H3/t18-,19+,20?,21-,22+,24-,25-,26+,27-,28-,29+/m0/s1. The lowest BCUT2D eigenvalue weighted by molar-refractivity contribution is -0.226. The fourth-order valence-corrected chi connectivity index (χ4v) is 10.3. The summed E-state index contributed by atoms with van der Waals surface area (Å²) in [5.41, 5.74) is -0.897. The van der Waals surface area contributed by atoms with Gasteiger partial charge >= 0.3 is 17.9 Å². The van der Waals surface area contributed by atoms with Crippen LogP contribution in [0.1, 0.15) is 92.4 Å². The molecule has 6 rings (SSSR count). The SMILES string of the molecule is CC(=O)OC[C@@]1(C)CCC[C@@]2(C)C1CC[C@@]1(C)[C@@H]3C[C@@H](OC(C)=O)[C@]45CC(=O)O[C@H]4O[C@@H](O5)[C@H]3CC[C@@H]12. The van der Waals surface area contributed by atoms with Crippen molar-refractivity contribution in [2.24, 2.45) is 39.9 Å². The van der Waals surface area contributed by atoms with E-state index in [0.717, 1.165) is 38.5 Å². The van der Waals surface area contributed by atoms with E-state index in [-0.39, 0.29) is 52.4 Å². The summed E-state index contributed by atoms with van der Waals surface area (Å²) < 4.78 is 29.9. The normalized spacial score (nSPS) is 52.0. The highest BCUT2D eigenvalue weighted by Crippen LogP contribution is 2.71. The van der Waals surface area contributed by atoms with Gasteiger partial charge in [-0.1, -0.05) is 27.2 Å². The average Bonchev–Trinajstić information content (AvgIpc) is 3.26. The van der Waals surface area contributed by atoms with Crippen molar-refractivity contribution >= 4 is 17.9 Å². The summed E-state index contributed by atoms with van der Waals surface area (Å²) in [5.74, 6) is 0.468. The molecule has 3 aliphatic carbocycles. The highest BCUT2D eigenvalue weighted by atomic mass is 16.8. The molecule has 1 spiro atoms. The highest BCUT2D eigenvalue weighted by Gasteiger charge is 2.71. The minimum absolute atomic E-state index is 0.0143. The third-order valence-corrected chi connectivity index (χ3v) is 11.7. The first kappa shape index (κ1) is 25.6. The number of ether oxygens (including phenoxy) is 5. The maximum absolute atomic E-state index is 12.3. The van der Waals surface area contributed by atoms with E-state index in [2.05, 4.69) is 20.8 Å². The Hall–Kier alpha value is -1.67. The van der Waals surface area contributed by atoms with Gasteiger partial charge in [0.15, 0.2) is 11.9 Å². The number of carbonyl (C=O) groups excluding carboxylic acids is 3. The second-order valence-electron chi connectivity index (χ2n) is 13.7. The minimum Gasteiger partial charge on any atom is -0.465 e. The van der Waals surface area contributed by atoms with Crippen molar-refractivity contribution in [2.45, 2.75) is 117 Å². The van der Waals surface area contributed by atoms with E-state index in [1.165, 1.54) is 20.3 Å². The predicted molar refractivity (Wildman–Crippen MR) is 131 cm³/mol. The van der Waals surface area contributed by atoms with E-state index in [1.54, 1.807) is 0 Å². The smallest absolute Gasteiger partial charge is 0.311 e. The number of esters is 3. The molecule has 3 aliphatic heterocycles. The van der Waals surface area contributed by atoms with Crippen molar-refractivity contribution in [3.05, 3.63) is 0 Å². The Balaban J connectivity index is 1.34. The summed E-state index contributed by atoms with van der Waals surface area (Å²) in [4.78, 5) is 36.2. The molecule has 2 bridgehead atoms. The van der Waals surface area contributed by atoms with E-state index in [0.29, 0.717) is 24.9 Å². The van der Waals surface area contributed by atoms with Gasteiger partial charge in [0.1, 0.15) is 6.10 Å². The molecule has 206 valence electrons. The summed E-state index contributed by atoms with van der Waals surface area (Å²) in [6, 6.07) is 0. The summed E-state index contributed by atoms with van der Waals surface area (Å²) in [7, 11) is 0. The van der Waals surface area contributed by atoms with Crippen LogP contribution in [0.25, 0.3) is 0 Å². The molecule has 0 radical (unpaired) electrons. The van der Waals surface area contributed by atoms with Gasteiger partial charge in [0, 0.05) is 25.2 Å². The molecular weight excluding hydrogens is 476 g/mol. The van der Waals surface area contributed by atoms with Gasteiger partial charge in [-0.3, -0.25) is 14.4 Å². The largest absolute Gasteiger partial charge is 0.465 e. The zero-order valence-corrected chi connectivity index (χ0v) is 22.9. The summed E-state index contributed by atoms with van der Waals surface area (Å²) in [6.45, 7) is 10.7. The molecule has 3 saturated carbocycles. The highest BCUT2D eigenvalue weighted by molar-refractivity contribution is 5.74. The van der Waals surface area contributed by atoms with Gasteiger partial charge in [-0.05, 0) is 73.5 Å². The molecule has 6 aliphatic rings. The monoisotopic (exact) mass is 518 g/mol. The molecule has 0 aromatic carbocycles. The lowest BCUT2D eigenvalue weighted by Gasteiger charge is -2.67. The van der Waals surface area contributed by atoms with E-state index in [9.17, 15) is 14.4 Å². The first-order chi connectivity index (χ1) is 17.4. The van der Waals surface area contributed by atoms with E-state index in [1.807, 2.05) is 0 Å². The maximum Gasteiger partial charge on any atom is 0.311 e. The Morgan fingerprint density at radius 2 is 1.76 bits per heavy atom. The molecule has 0 aromatic rings. The van der Waals surface area contributed by atoms with Crippen LogP contribution in [0, 0.1) is 39.9 Å². The third kappa shape index (κ3) is 3.64. The molecule has 0 aromatic heterocycles. The van der Waals surface area contributed by atoms with Gasteiger partial charge in [-0.25, -0.2) is 0 Å². The molecule has 11 atom stereocenters. The van der Waals surface area contributed by atoms with Crippen LogP contribution in [0.15, 0.2) is 0 Å². The predicted octanol–water partition coefficient (Wildman–Crippen LogP) is 4.52. The minimum atomic E-state index is -1.05. The van der Waals surface area contributed by atoms with Crippen LogP contribution in [0.4, 0.5) is 0 Å². The van der Waals surface area contributed by atoms with Gasteiger partial charge in [-0.15, -0.1) is 0 Å². The first-order valence-corrected chi connectivity index (χ1v) is 14.2. The lowest BCUT2D eigenvalue weighted by Crippen LogP contribution is -2.61. The topological polar surface area (TPSA) is 97.4 Å². The van der Waals surface area contributed by atoms with Crippen molar-refractivity contribution in [3.63, 3.8) is 0 Å². The average molecular weight is 519 g/mol. The number of hydrogen-bond acceptors (Lipinski definition) is 8. The van der Waals surface area contributed by atoms with Gasteiger partial charge in [0.25, 0.3) is 0 Å². The fraction of sp³-hybridized carbons (Fsp3) is 0.897. The van der Waals surface area contributed by atoms with Crippen LogP contribution in [-0.4, -0.2) is 48.8 Å². The Morgan fingerprint density at radius 3 is 2.49 bits per heavy atom. The summed E-state index contributed by atoms with van der Waals surface area (Å²) in [5, 5.41) is 0. The molecule has 8 nitrogen and oxygen atoms in total. The molecule has 0 amide bonds. The summed E-state index contributed by atoms with van der Waals surface area (Å²) in [6.07, 6.45) is 6.51. The summed E-state index contributed by atoms with van der Waals surface area (Å²) >= 11 is 0. The van der Waals surface area contributed by atoms with E-state index < -0.39 is 24.3 Å². The first-order valence-electron chi connectivity index (χ1n) is 14.2. The van der Waals surface area contributed by atoms with E-state index in [4.69, 9.17) is 23.7 Å². The van der Waals surface area contributed by atoms with E-state index >= 15 is 0 Å². The van der Waals surface area contributed by atoms with Crippen LogP contribution < -0.4 is 0 Å². The molecule has 3 heterocycles. The van der Waals surface area contributed by atoms with Crippen molar-refractivity contribution < 1.29 is 38.1 Å². The van der Waals surface area contributed by atoms with Gasteiger partial charge in [0.2, 0.25) is 6.29 Å². The van der Waals surface area contributed by atoms with Crippen molar-refractivity contribution in [2.75, 3.05) is 6.61 Å². The zero-order valence-electron chi connectivity index (χ0n) is 22.9. The zero-order chi connectivity index (χ0) is 26.4. The van der Waals surface area contributed by atoms with Crippen LogP contribution in [-0.2, 0) is 38.1 Å². The Kier molecular flexibility index (Phi) is 5.82. The van der Waals surface area contributed by atoms with Crippen LogP contribution in [0.2, 0.25) is 0 Å². The van der Waals surface area contributed by atoms with Crippen molar-refractivity contribution in [3.8, 4) is 0 Å². The van der Waals surface area contributed by atoms with Crippen molar-refractivity contribution in [1.82, 2.24) is 0 Å². The molecule has 37 heavy (non-hydrogen) atoms. The number of fused-ring (bicyclic) bond motifs is 7. The van der Waals surface area contributed by atoms with Crippen LogP contribution in [0.5, 0.6) is 0 Å². The second kappa shape index (κ2) is 8.41. The van der Waals surface area contributed by atoms with Crippen molar-refractivity contribution in [1.29, 1.82) is 0 Å². The molecular formula is C29H42O8. The number of hydrogen-bond donors (Lipinski definition) is 0. The van der Waals surface area contributed by atoms with Crippen LogP contribution in [0.3, 0.4) is 0 Å². The third-order valence-electron chi connectivity index (χ3n) is 11.7. The molecule has 3 saturated heterocycles. The molecule has 8 heteroatoms. The molecule has 0 N–H and O–H groups in total. The molecule has 6 fully saturated rings. The fourth-order valence-electron chi connectivity index (χ4n) is 10.3. The second-order valence-corrected chi connectivity index (χ2v) is 13.7. The van der Waals surface area contributed by atoms with Gasteiger partial charge in [-0.2, -0.15) is 0 Å². The number of rotatable bonds is 3. The number of carbonyl (C=O) groups is 3.